The number of hydrogen-bond acceptors (Lipinski definition) is 7. The Morgan fingerprint density at radius 2 is 1.70 bits per heavy atom. The Balaban J connectivity index is 2.14. The third-order valence-electron chi connectivity index (χ3n) is 2.99. The molecule has 2 aromatic rings. The molecule has 2 rings (SSSR count). The van der Waals surface area contributed by atoms with Crippen LogP contribution >= 0.6 is 11.8 Å². The number of hydrogen-bond donors (Lipinski definition) is 2. The highest BCUT2D eigenvalue weighted by atomic mass is 32.2. The summed E-state index contributed by atoms with van der Waals surface area (Å²) >= 11 is 1.52. The van der Waals surface area contributed by atoms with E-state index in [1.54, 1.807) is 6.07 Å². The van der Waals surface area contributed by atoms with Gasteiger partial charge in [0, 0.05) is 23.1 Å². The molecule has 0 unspecified atom stereocenters. The number of anilines is 1. The molecule has 0 aliphatic carbocycles. The van der Waals surface area contributed by atoms with Gasteiger partial charge in [-0.15, -0.1) is 0 Å². The van der Waals surface area contributed by atoms with E-state index in [0.29, 0.717) is 17.4 Å². The summed E-state index contributed by atoms with van der Waals surface area (Å²) < 4.78 is 0. The number of rotatable bonds is 4. The summed E-state index contributed by atoms with van der Waals surface area (Å²) in [4.78, 5) is 17.6. The number of nitrogen functional groups attached to an aromatic ring is 1. The molecule has 3 N–H and O–H groups in total. The number of nitrogens with one attached hydrogen (secondary N) is 1. The standard InChI is InChI=1S/C13H18N6S/c1-7-5-11(19-14)18-12(15-7)6-20-13-16-9(3)8(2)10(4)17-13/h5H,6,14H2,1-4H3,(H,15,18,19). The van der Waals surface area contributed by atoms with Crippen LogP contribution in [-0.2, 0) is 5.75 Å². The Kier molecular flexibility index (Phi) is 4.51. The van der Waals surface area contributed by atoms with Crippen LogP contribution in [0.25, 0.3) is 0 Å². The van der Waals surface area contributed by atoms with Crippen LogP contribution in [0.2, 0.25) is 0 Å². The topological polar surface area (TPSA) is 89.6 Å². The Bertz CT molecular complexity index is 605. The number of aryl methyl sites for hydroxylation is 3. The molecule has 0 spiro atoms. The number of aromatic nitrogens is 4. The number of nitrogens with zero attached hydrogens (tertiary/aromatic N) is 4. The third kappa shape index (κ3) is 3.43. The molecule has 7 heteroatoms. The van der Waals surface area contributed by atoms with Crippen molar-refractivity contribution < 1.29 is 0 Å². The van der Waals surface area contributed by atoms with Crippen molar-refractivity contribution in [1.29, 1.82) is 0 Å². The van der Waals surface area contributed by atoms with Crippen LogP contribution in [0, 0.1) is 27.7 Å². The first kappa shape index (κ1) is 14.7. The van der Waals surface area contributed by atoms with Crippen LogP contribution in [0.5, 0.6) is 0 Å². The van der Waals surface area contributed by atoms with Gasteiger partial charge in [0.2, 0.25) is 0 Å². The second-order valence-electron chi connectivity index (χ2n) is 4.55. The number of thioether (sulfide) groups is 1. The molecule has 0 aliphatic rings. The van der Waals surface area contributed by atoms with Crippen LogP contribution in [0.1, 0.15) is 28.5 Å². The molecule has 0 amide bonds. The van der Waals surface area contributed by atoms with Gasteiger partial charge in [0.25, 0.3) is 0 Å². The van der Waals surface area contributed by atoms with Crippen molar-refractivity contribution in [2.24, 2.45) is 5.84 Å². The SMILES string of the molecule is Cc1cc(NN)nc(CSc2nc(C)c(C)c(C)n2)n1. The van der Waals surface area contributed by atoms with E-state index in [2.05, 4.69) is 25.4 Å². The average Bonchev–Trinajstić information content (AvgIpc) is 2.41. The summed E-state index contributed by atoms with van der Waals surface area (Å²) in [7, 11) is 0. The van der Waals surface area contributed by atoms with Gasteiger partial charge in [0.15, 0.2) is 5.16 Å². The molecule has 20 heavy (non-hydrogen) atoms. The van der Waals surface area contributed by atoms with Gasteiger partial charge in [-0.1, -0.05) is 11.8 Å². The monoisotopic (exact) mass is 290 g/mol. The Hall–Kier alpha value is -1.73. The highest BCUT2D eigenvalue weighted by Crippen LogP contribution is 2.20. The predicted molar refractivity (Wildman–Crippen MR) is 80.4 cm³/mol. The van der Waals surface area contributed by atoms with E-state index in [1.807, 2.05) is 27.7 Å². The molecule has 0 bridgehead atoms. The van der Waals surface area contributed by atoms with E-state index >= 15 is 0 Å². The van der Waals surface area contributed by atoms with Gasteiger partial charge in [0.05, 0.1) is 5.75 Å². The summed E-state index contributed by atoms with van der Waals surface area (Å²) in [6, 6.07) is 1.80. The van der Waals surface area contributed by atoms with Gasteiger partial charge < -0.3 is 5.43 Å². The van der Waals surface area contributed by atoms with Crippen LogP contribution in [-0.4, -0.2) is 19.9 Å². The minimum Gasteiger partial charge on any atom is -0.308 e. The molecule has 0 aromatic carbocycles. The Morgan fingerprint density at radius 1 is 1.05 bits per heavy atom. The fourth-order valence-electron chi connectivity index (χ4n) is 1.70. The molecule has 2 heterocycles. The van der Waals surface area contributed by atoms with Crippen molar-refractivity contribution in [1.82, 2.24) is 19.9 Å². The lowest BCUT2D eigenvalue weighted by atomic mass is 10.2. The lowest BCUT2D eigenvalue weighted by Gasteiger charge is -2.07. The third-order valence-corrected chi connectivity index (χ3v) is 3.83. The molecule has 0 saturated carbocycles. The van der Waals surface area contributed by atoms with Gasteiger partial charge in [-0.3, -0.25) is 0 Å². The first-order chi connectivity index (χ1) is 9.49. The first-order valence-corrected chi connectivity index (χ1v) is 7.24. The smallest absolute Gasteiger partial charge is 0.188 e. The Labute approximate surface area is 122 Å². The molecule has 6 nitrogen and oxygen atoms in total. The van der Waals surface area contributed by atoms with Crippen LogP contribution in [0.4, 0.5) is 5.82 Å². The van der Waals surface area contributed by atoms with Gasteiger partial charge in [0.1, 0.15) is 11.6 Å². The van der Waals surface area contributed by atoms with E-state index in [4.69, 9.17) is 5.84 Å². The molecule has 0 radical (unpaired) electrons. The highest BCUT2D eigenvalue weighted by Gasteiger charge is 2.07. The normalized spacial score (nSPS) is 10.7. The van der Waals surface area contributed by atoms with Crippen LogP contribution in [0.15, 0.2) is 11.2 Å². The number of nitrogens with two attached hydrogens (primary N) is 1. The largest absolute Gasteiger partial charge is 0.308 e. The van der Waals surface area contributed by atoms with E-state index in [9.17, 15) is 0 Å². The average molecular weight is 290 g/mol. The van der Waals surface area contributed by atoms with Crippen molar-refractivity contribution in [3.05, 3.63) is 34.5 Å². The van der Waals surface area contributed by atoms with E-state index in [1.165, 1.54) is 11.8 Å². The molecule has 0 fully saturated rings. The maximum atomic E-state index is 5.38. The minimum absolute atomic E-state index is 0.609. The zero-order valence-corrected chi connectivity index (χ0v) is 12.9. The molecule has 0 saturated heterocycles. The lowest BCUT2D eigenvalue weighted by Crippen LogP contribution is -2.10. The second kappa shape index (κ2) is 6.15. The number of hydrazine groups is 1. The second-order valence-corrected chi connectivity index (χ2v) is 5.49. The van der Waals surface area contributed by atoms with Crippen molar-refractivity contribution in [2.45, 2.75) is 38.6 Å². The van der Waals surface area contributed by atoms with E-state index < -0.39 is 0 Å². The summed E-state index contributed by atoms with van der Waals surface area (Å²) in [5.74, 6) is 7.32. The summed E-state index contributed by atoms with van der Waals surface area (Å²) in [6.45, 7) is 7.93. The van der Waals surface area contributed by atoms with Gasteiger partial charge in [-0.25, -0.2) is 25.8 Å². The summed E-state index contributed by atoms with van der Waals surface area (Å²) in [5, 5.41) is 0.748. The van der Waals surface area contributed by atoms with Crippen molar-refractivity contribution in [3.63, 3.8) is 0 Å². The molecule has 0 atom stereocenters. The van der Waals surface area contributed by atoms with Crippen LogP contribution < -0.4 is 11.3 Å². The molecule has 2 aromatic heterocycles. The molecular weight excluding hydrogens is 272 g/mol. The van der Waals surface area contributed by atoms with E-state index in [0.717, 1.165) is 27.8 Å². The van der Waals surface area contributed by atoms with Crippen molar-refractivity contribution in [3.8, 4) is 0 Å². The quantitative estimate of drug-likeness (QED) is 0.385. The van der Waals surface area contributed by atoms with E-state index in [-0.39, 0.29) is 0 Å². The lowest BCUT2D eigenvalue weighted by molar-refractivity contribution is 0.878. The fraction of sp³-hybridized carbons (Fsp3) is 0.385. The molecule has 0 aliphatic heterocycles. The fourth-order valence-corrected chi connectivity index (χ4v) is 2.49. The summed E-state index contributed by atoms with van der Waals surface area (Å²) in [5.41, 5.74) is 6.57. The Morgan fingerprint density at radius 3 is 2.30 bits per heavy atom. The van der Waals surface area contributed by atoms with Crippen molar-refractivity contribution in [2.75, 3.05) is 5.43 Å². The maximum Gasteiger partial charge on any atom is 0.188 e. The highest BCUT2D eigenvalue weighted by molar-refractivity contribution is 7.98. The molecular formula is C13H18N6S. The van der Waals surface area contributed by atoms with Gasteiger partial charge >= 0.3 is 0 Å². The van der Waals surface area contributed by atoms with Crippen LogP contribution in [0.3, 0.4) is 0 Å². The first-order valence-electron chi connectivity index (χ1n) is 6.25. The van der Waals surface area contributed by atoms with Crippen molar-refractivity contribution >= 4 is 17.6 Å². The zero-order chi connectivity index (χ0) is 14.7. The predicted octanol–water partition coefficient (Wildman–Crippen LogP) is 2.08. The molecule has 106 valence electrons. The van der Waals surface area contributed by atoms with Gasteiger partial charge in [-0.05, 0) is 33.3 Å². The maximum absolute atomic E-state index is 5.38. The van der Waals surface area contributed by atoms with Gasteiger partial charge in [-0.2, -0.15) is 0 Å². The minimum atomic E-state index is 0.609. The summed E-state index contributed by atoms with van der Waals surface area (Å²) in [6.07, 6.45) is 0. The zero-order valence-electron chi connectivity index (χ0n) is 12.1.